The van der Waals surface area contributed by atoms with Gasteiger partial charge in [-0.3, -0.25) is 0 Å². The van der Waals surface area contributed by atoms with Gasteiger partial charge in [-0.15, -0.1) is 10.2 Å². The average Bonchev–Trinajstić information content (AvgIpc) is 2.81. The Bertz CT molecular complexity index is 469. The van der Waals surface area contributed by atoms with E-state index in [9.17, 15) is 0 Å². The second kappa shape index (κ2) is 6.56. The molecule has 1 unspecified atom stereocenters. The molecule has 18 heavy (non-hydrogen) atoms. The number of benzene rings is 1. The lowest BCUT2D eigenvalue weighted by Crippen LogP contribution is -2.23. The minimum Gasteiger partial charge on any atom is -0.312 e. The van der Waals surface area contributed by atoms with E-state index in [1.165, 1.54) is 5.56 Å². The highest BCUT2D eigenvalue weighted by Crippen LogP contribution is 2.22. The van der Waals surface area contributed by atoms with Crippen molar-refractivity contribution in [2.75, 3.05) is 12.3 Å². The third kappa shape index (κ3) is 3.34. The Morgan fingerprint density at radius 2 is 2.11 bits per heavy atom. The van der Waals surface area contributed by atoms with Crippen molar-refractivity contribution in [1.82, 2.24) is 20.1 Å². The minimum atomic E-state index is 0.345. The van der Waals surface area contributed by atoms with Gasteiger partial charge in [0.2, 0.25) is 0 Å². The molecule has 1 aromatic carbocycles. The van der Waals surface area contributed by atoms with Crippen molar-refractivity contribution in [2.24, 2.45) is 7.05 Å². The van der Waals surface area contributed by atoms with Crippen LogP contribution in [-0.4, -0.2) is 27.1 Å². The van der Waals surface area contributed by atoms with Crippen LogP contribution in [0.15, 0.2) is 41.8 Å². The van der Waals surface area contributed by atoms with Gasteiger partial charge in [0.05, 0.1) is 0 Å². The number of thioether (sulfide) groups is 1. The Hall–Kier alpha value is -1.33. The standard InChI is InChI=1S/C13H18N4S/c1-3-14-12(11-7-5-4-6-8-11)9-18-13-16-15-10-17(13)2/h4-8,10,12,14H,3,9H2,1-2H3. The fraction of sp³-hybridized carbons (Fsp3) is 0.385. The van der Waals surface area contributed by atoms with Crippen LogP contribution in [0.5, 0.6) is 0 Å². The highest BCUT2D eigenvalue weighted by molar-refractivity contribution is 7.99. The molecule has 5 heteroatoms. The van der Waals surface area contributed by atoms with Crippen molar-refractivity contribution < 1.29 is 0 Å². The number of hydrogen-bond acceptors (Lipinski definition) is 4. The van der Waals surface area contributed by atoms with Crippen LogP contribution in [0.25, 0.3) is 0 Å². The van der Waals surface area contributed by atoms with Gasteiger partial charge < -0.3 is 9.88 Å². The summed E-state index contributed by atoms with van der Waals surface area (Å²) in [4.78, 5) is 0. The highest BCUT2D eigenvalue weighted by Gasteiger charge is 2.12. The maximum absolute atomic E-state index is 4.09. The molecule has 1 aromatic heterocycles. The summed E-state index contributed by atoms with van der Waals surface area (Å²) in [5.74, 6) is 0.949. The van der Waals surface area contributed by atoms with E-state index in [0.717, 1.165) is 17.5 Å². The maximum atomic E-state index is 4.09. The number of hydrogen-bond donors (Lipinski definition) is 1. The van der Waals surface area contributed by atoms with Crippen molar-refractivity contribution in [2.45, 2.75) is 18.1 Å². The molecule has 0 bridgehead atoms. The van der Waals surface area contributed by atoms with Gasteiger partial charge in [-0.05, 0) is 12.1 Å². The summed E-state index contributed by atoms with van der Waals surface area (Å²) in [6.45, 7) is 3.09. The van der Waals surface area contributed by atoms with Crippen LogP contribution >= 0.6 is 11.8 Å². The van der Waals surface area contributed by atoms with E-state index in [1.807, 2.05) is 17.7 Å². The Morgan fingerprint density at radius 1 is 1.33 bits per heavy atom. The first-order valence-corrected chi connectivity index (χ1v) is 7.05. The third-order valence-corrected chi connectivity index (χ3v) is 3.83. The zero-order chi connectivity index (χ0) is 12.8. The molecule has 0 spiro atoms. The number of aromatic nitrogens is 3. The predicted molar refractivity (Wildman–Crippen MR) is 74.6 cm³/mol. The second-order valence-corrected chi connectivity index (χ2v) is 5.04. The molecule has 0 saturated carbocycles. The zero-order valence-electron chi connectivity index (χ0n) is 10.7. The molecule has 2 aromatic rings. The molecule has 0 aliphatic heterocycles. The summed E-state index contributed by atoms with van der Waals surface area (Å²) in [5.41, 5.74) is 1.31. The summed E-state index contributed by atoms with van der Waals surface area (Å²) < 4.78 is 1.94. The first kappa shape index (κ1) is 13.1. The molecule has 4 nitrogen and oxygen atoms in total. The first-order chi connectivity index (χ1) is 8.81. The summed E-state index contributed by atoms with van der Waals surface area (Å²) >= 11 is 1.72. The van der Waals surface area contributed by atoms with Crippen molar-refractivity contribution in [1.29, 1.82) is 0 Å². The fourth-order valence-corrected chi connectivity index (χ4v) is 2.75. The molecular formula is C13H18N4S. The average molecular weight is 262 g/mol. The maximum Gasteiger partial charge on any atom is 0.190 e. The van der Waals surface area contributed by atoms with Gasteiger partial charge in [0, 0.05) is 18.8 Å². The van der Waals surface area contributed by atoms with Crippen LogP contribution in [0.2, 0.25) is 0 Å². The summed E-state index contributed by atoms with van der Waals surface area (Å²) in [5, 5.41) is 12.4. The monoisotopic (exact) mass is 262 g/mol. The lowest BCUT2D eigenvalue weighted by Gasteiger charge is -2.17. The van der Waals surface area contributed by atoms with Crippen LogP contribution in [0.3, 0.4) is 0 Å². The Morgan fingerprint density at radius 3 is 2.72 bits per heavy atom. The molecule has 2 rings (SSSR count). The van der Waals surface area contributed by atoms with Gasteiger partial charge in [-0.2, -0.15) is 0 Å². The van der Waals surface area contributed by atoms with Crippen LogP contribution < -0.4 is 5.32 Å². The number of rotatable bonds is 6. The molecule has 0 saturated heterocycles. The molecule has 0 aliphatic rings. The zero-order valence-corrected chi connectivity index (χ0v) is 11.5. The quantitative estimate of drug-likeness (QED) is 0.811. The van der Waals surface area contributed by atoms with E-state index in [4.69, 9.17) is 0 Å². The molecule has 1 heterocycles. The minimum absolute atomic E-state index is 0.345. The molecule has 96 valence electrons. The lowest BCUT2D eigenvalue weighted by molar-refractivity contribution is 0.604. The van der Waals surface area contributed by atoms with Gasteiger partial charge in [-0.25, -0.2) is 0 Å². The predicted octanol–water partition coefficient (Wildman–Crippen LogP) is 2.26. The molecule has 1 atom stereocenters. The van der Waals surface area contributed by atoms with E-state index >= 15 is 0 Å². The third-order valence-electron chi connectivity index (χ3n) is 2.70. The smallest absolute Gasteiger partial charge is 0.190 e. The lowest BCUT2D eigenvalue weighted by atomic mass is 10.1. The van der Waals surface area contributed by atoms with E-state index in [1.54, 1.807) is 18.1 Å². The highest BCUT2D eigenvalue weighted by atomic mass is 32.2. The summed E-state index contributed by atoms with van der Waals surface area (Å²) in [7, 11) is 1.97. The molecule has 0 aliphatic carbocycles. The van der Waals surface area contributed by atoms with Gasteiger partial charge in [0.25, 0.3) is 0 Å². The summed E-state index contributed by atoms with van der Waals surface area (Å²) in [6, 6.07) is 10.9. The van der Waals surface area contributed by atoms with Gasteiger partial charge in [-0.1, -0.05) is 49.0 Å². The Labute approximate surface area is 112 Å². The molecule has 0 radical (unpaired) electrons. The van der Waals surface area contributed by atoms with E-state index in [2.05, 4.69) is 46.7 Å². The molecule has 0 amide bonds. The molecule has 0 fully saturated rings. The van der Waals surface area contributed by atoms with E-state index in [0.29, 0.717) is 6.04 Å². The van der Waals surface area contributed by atoms with Crippen LogP contribution in [0, 0.1) is 0 Å². The Balaban J connectivity index is 2.01. The summed E-state index contributed by atoms with van der Waals surface area (Å²) in [6.07, 6.45) is 1.73. The molecule has 1 N–H and O–H groups in total. The van der Waals surface area contributed by atoms with E-state index in [-0.39, 0.29) is 0 Å². The van der Waals surface area contributed by atoms with Gasteiger partial charge in [0.15, 0.2) is 5.16 Å². The largest absolute Gasteiger partial charge is 0.312 e. The van der Waals surface area contributed by atoms with Crippen molar-refractivity contribution in [3.8, 4) is 0 Å². The van der Waals surface area contributed by atoms with Crippen molar-refractivity contribution in [3.63, 3.8) is 0 Å². The topological polar surface area (TPSA) is 42.7 Å². The van der Waals surface area contributed by atoms with Crippen molar-refractivity contribution in [3.05, 3.63) is 42.2 Å². The Kier molecular flexibility index (Phi) is 4.78. The van der Waals surface area contributed by atoms with Crippen molar-refractivity contribution >= 4 is 11.8 Å². The van der Waals surface area contributed by atoms with Crippen LogP contribution in [0.1, 0.15) is 18.5 Å². The van der Waals surface area contributed by atoms with Gasteiger partial charge in [0.1, 0.15) is 6.33 Å². The number of nitrogens with one attached hydrogen (secondary N) is 1. The normalized spacial score (nSPS) is 12.6. The SMILES string of the molecule is CCNC(CSc1nncn1C)c1ccccc1. The van der Waals surface area contributed by atoms with Crippen LogP contribution in [-0.2, 0) is 7.05 Å². The fourth-order valence-electron chi connectivity index (χ4n) is 1.77. The second-order valence-electron chi connectivity index (χ2n) is 4.06. The number of aryl methyl sites for hydroxylation is 1. The molecular weight excluding hydrogens is 244 g/mol. The first-order valence-electron chi connectivity index (χ1n) is 6.06. The van der Waals surface area contributed by atoms with Crippen LogP contribution in [0.4, 0.5) is 0 Å². The number of nitrogens with zero attached hydrogens (tertiary/aromatic N) is 3. The van der Waals surface area contributed by atoms with Gasteiger partial charge >= 0.3 is 0 Å². The van der Waals surface area contributed by atoms with E-state index < -0.39 is 0 Å².